The molecule has 1 N–H and O–H groups in total. The van der Waals surface area contributed by atoms with Crippen LogP contribution in [-0.2, 0) is 0 Å². The molecule has 0 radical (unpaired) electrons. The summed E-state index contributed by atoms with van der Waals surface area (Å²) in [6, 6.07) is 9.00. The molecule has 100 valence electrons. The van der Waals surface area contributed by atoms with Crippen molar-refractivity contribution in [2.45, 2.75) is 0 Å². The Hall–Kier alpha value is -2.60. The summed E-state index contributed by atoms with van der Waals surface area (Å²) < 4.78 is 5.12. The number of hydrogen-bond acceptors (Lipinski definition) is 5. The first-order chi connectivity index (χ1) is 9.58. The van der Waals surface area contributed by atoms with Crippen LogP contribution in [0.2, 0.25) is 5.02 Å². The van der Waals surface area contributed by atoms with E-state index >= 15 is 0 Å². The number of hydrogen-bond donors (Lipinski definition) is 1. The largest absolute Gasteiger partial charge is 0.506 e. The number of rotatable bonds is 2. The van der Waals surface area contributed by atoms with E-state index in [0.717, 1.165) is 0 Å². The molecule has 0 aliphatic rings. The molecule has 1 heterocycles. The Morgan fingerprint density at radius 3 is 2.55 bits per heavy atom. The molecular formula is C13H7ClN2O4. The summed E-state index contributed by atoms with van der Waals surface area (Å²) in [6.07, 6.45) is 0. The van der Waals surface area contributed by atoms with Crippen LogP contribution in [0.3, 0.4) is 0 Å². The van der Waals surface area contributed by atoms with Crippen LogP contribution in [0.5, 0.6) is 5.75 Å². The summed E-state index contributed by atoms with van der Waals surface area (Å²) in [4.78, 5) is 10.1. The van der Waals surface area contributed by atoms with Crippen LogP contribution in [0, 0.1) is 10.1 Å². The molecule has 0 bridgehead atoms. The van der Waals surface area contributed by atoms with Gasteiger partial charge in [-0.1, -0.05) is 16.8 Å². The van der Waals surface area contributed by atoms with Crippen LogP contribution >= 0.6 is 11.6 Å². The van der Waals surface area contributed by atoms with Crippen molar-refractivity contribution in [3.63, 3.8) is 0 Å². The number of benzene rings is 2. The van der Waals surface area contributed by atoms with Gasteiger partial charge >= 0.3 is 0 Å². The minimum atomic E-state index is -0.473. The summed E-state index contributed by atoms with van der Waals surface area (Å²) >= 11 is 5.92. The molecule has 1 aromatic heterocycles. The summed E-state index contributed by atoms with van der Waals surface area (Å²) in [5.74, 6) is -0.0921. The molecule has 0 spiro atoms. The van der Waals surface area contributed by atoms with Crippen molar-refractivity contribution in [3.05, 3.63) is 51.5 Å². The van der Waals surface area contributed by atoms with Crippen LogP contribution in [0.1, 0.15) is 0 Å². The molecule has 0 saturated carbocycles. The van der Waals surface area contributed by atoms with Gasteiger partial charge in [0.2, 0.25) is 0 Å². The highest BCUT2D eigenvalue weighted by atomic mass is 35.5. The van der Waals surface area contributed by atoms with Gasteiger partial charge in [0.25, 0.3) is 5.69 Å². The van der Waals surface area contributed by atoms with Gasteiger partial charge in [-0.2, -0.15) is 0 Å². The molecule has 0 amide bonds. The van der Waals surface area contributed by atoms with Gasteiger partial charge in [-0.3, -0.25) is 10.1 Å². The van der Waals surface area contributed by atoms with E-state index in [1.54, 1.807) is 18.2 Å². The fourth-order valence-corrected chi connectivity index (χ4v) is 2.11. The van der Waals surface area contributed by atoms with Crippen molar-refractivity contribution in [3.8, 4) is 17.0 Å². The Kier molecular flexibility index (Phi) is 2.80. The predicted molar refractivity (Wildman–Crippen MR) is 72.8 cm³/mol. The maximum atomic E-state index is 10.6. The first-order valence-electron chi connectivity index (χ1n) is 5.59. The van der Waals surface area contributed by atoms with Crippen LogP contribution in [0.25, 0.3) is 22.2 Å². The highest BCUT2D eigenvalue weighted by Crippen LogP contribution is 2.37. The second-order valence-corrected chi connectivity index (χ2v) is 4.49. The molecule has 2 aromatic carbocycles. The van der Waals surface area contributed by atoms with E-state index in [0.29, 0.717) is 16.6 Å². The van der Waals surface area contributed by atoms with E-state index in [1.165, 1.54) is 18.2 Å². The Balaban J connectivity index is 2.15. The lowest BCUT2D eigenvalue weighted by atomic mass is 10.1. The monoisotopic (exact) mass is 290 g/mol. The third-order valence-corrected chi connectivity index (χ3v) is 3.28. The molecule has 3 aromatic rings. The topological polar surface area (TPSA) is 89.4 Å². The summed E-state index contributed by atoms with van der Waals surface area (Å²) in [5, 5.41) is 24.7. The number of nitro groups is 1. The zero-order valence-electron chi connectivity index (χ0n) is 9.91. The summed E-state index contributed by atoms with van der Waals surface area (Å²) in [6.45, 7) is 0. The molecule has 0 aliphatic carbocycles. The minimum absolute atomic E-state index is 0.00257. The minimum Gasteiger partial charge on any atom is -0.506 e. The summed E-state index contributed by atoms with van der Waals surface area (Å²) in [7, 11) is 0. The van der Waals surface area contributed by atoms with Gasteiger partial charge in [0.1, 0.15) is 16.5 Å². The molecule has 6 nitrogen and oxygen atoms in total. The predicted octanol–water partition coefficient (Wildman–Crippen LogP) is 3.76. The maximum Gasteiger partial charge on any atom is 0.269 e. The maximum absolute atomic E-state index is 10.6. The first kappa shape index (κ1) is 12.4. The van der Waals surface area contributed by atoms with Gasteiger partial charge in [0.05, 0.1) is 10.3 Å². The van der Waals surface area contributed by atoms with Crippen molar-refractivity contribution in [1.82, 2.24) is 5.16 Å². The van der Waals surface area contributed by atoms with Crippen molar-refractivity contribution in [2.75, 3.05) is 0 Å². The molecule has 0 unspecified atom stereocenters. The van der Waals surface area contributed by atoms with Gasteiger partial charge in [-0.15, -0.1) is 0 Å². The van der Waals surface area contributed by atoms with Crippen LogP contribution in [0.4, 0.5) is 5.69 Å². The lowest BCUT2D eigenvalue weighted by Gasteiger charge is -1.98. The second kappa shape index (κ2) is 4.50. The molecule has 20 heavy (non-hydrogen) atoms. The molecule has 0 saturated heterocycles. The fourth-order valence-electron chi connectivity index (χ4n) is 1.91. The van der Waals surface area contributed by atoms with Crippen molar-refractivity contribution in [2.24, 2.45) is 0 Å². The fraction of sp³-hybridized carbons (Fsp3) is 0. The van der Waals surface area contributed by atoms with Gasteiger partial charge in [0.15, 0.2) is 5.58 Å². The van der Waals surface area contributed by atoms with E-state index in [9.17, 15) is 15.2 Å². The van der Waals surface area contributed by atoms with E-state index in [-0.39, 0.29) is 22.0 Å². The van der Waals surface area contributed by atoms with Gasteiger partial charge in [-0.25, -0.2) is 0 Å². The molecule has 3 rings (SSSR count). The Labute approximate surface area is 117 Å². The van der Waals surface area contributed by atoms with Crippen molar-refractivity contribution in [1.29, 1.82) is 0 Å². The SMILES string of the molecule is O=[N+]([O-])c1ccc(-c2noc3c(Cl)c(O)ccc23)cc1. The highest BCUT2D eigenvalue weighted by molar-refractivity contribution is 6.36. The van der Waals surface area contributed by atoms with Crippen LogP contribution < -0.4 is 0 Å². The Bertz CT molecular complexity index is 811. The van der Waals surface area contributed by atoms with Crippen molar-refractivity contribution >= 4 is 28.3 Å². The third-order valence-electron chi connectivity index (χ3n) is 2.91. The first-order valence-corrected chi connectivity index (χ1v) is 5.97. The van der Waals surface area contributed by atoms with Gasteiger partial charge < -0.3 is 9.63 Å². The smallest absolute Gasteiger partial charge is 0.269 e. The number of nitro benzene ring substituents is 1. The molecule has 0 aliphatic heterocycles. The van der Waals surface area contributed by atoms with Crippen LogP contribution in [-0.4, -0.2) is 15.2 Å². The normalized spacial score (nSPS) is 10.8. The van der Waals surface area contributed by atoms with Gasteiger partial charge in [-0.05, 0) is 24.3 Å². The molecular weight excluding hydrogens is 284 g/mol. The lowest BCUT2D eigenvalue weighted by Crippen LogP contribution is -1.87. The van der Waals surface area contributed by atoms with Gasteiger partial charge in [0, 0.05) is 17.7 Å². The molecule has 0 fully saturated rings. The molecule has 0 atom stereocenters. The van der Waals surface area contributed by atoms with E-state index in [4.69, 9.17) is 16.1 Å². The average Bonchev–Trinajstić information content (AvgIpc) is 2.87. The molecule has 7 heteroatoms. The number of phenols is 1. The number of fused-ring (bicyclic) bond motifs is 1. The Morgan fingerprint density at radius 2 is 1.90 bits per heavy atom. The average molecular weight is 291 g/mol. The summed E-state index contributed by atoms with van der Waals surface area (Å²) in [5.41, 5.74) is 1.45. The zero-order valence-corrected chi connectivity index (χ0v) is 10.7. The Morgan fingerprint density at radius 1 is 1.20 bits per heavy atom. The lowest BCUT2D eigenvalue weighted by molar-refractivity contribution is -0.384. The number of non-ortho nitro benzene ring substituents is 1. The standard InChI is InChI=1S/C13H7ClN2O4/c14-11-10(17)6-5-9-12(15-20-13(9)11)7-1-3-8(4-2-7)16(18)19/h1-6,17H. The number of aromatic nitrogens is 1. The highest BCUT2D eigenvalue weighted by Gasteiger charge is 2.16. The quantitative estimate of drug-likeness (QED) is 0.573. The number of nitrogens with zero attached hydrogens (tertiary/aromatic N) is 2. The van der Waals surface area contributed by atoms with Crippen LogP contribution in [0.15, 0.2) is 40.9 Å². The van der Waals surface area contributed by atoms with Crippen molar-refractivity contribution < 1.29 is 14.6 Å². The second-order valence-electron chi connectivity index (χ2n) is 4.11. The third kappa shape index (κ3) is 1.86. The van der Waals surface area contributed by atoms with E-state index in [1.807, 2.05) is 0 Å². The van der Waals surface area contributed by atoms with E-state index < -0.39 is 4.92 Å². The number of halogens is 1. The van der Waals surface area contributed by atoms with E-state index in [2.05, 4.69) is 5.16 Å². The number of phenolic OH excluding ortho intramolecular Hbond substituents is 1. The number of aromatic hydroxyl groups is 1. The zero-order chi connectivity index (χ0) is 14.3.